The number of nitrogens with one attached hydrogen (secondary N) is 3. The fourth-order valence-corrected chi connectivity index (χ4v) is 5.28. The molecule has 2 unspecified atom stereocenters. The lowest BCUT2D eigenvalue weighted by molar-refractivity contribution is -0.121. The molecule has 10 nitrogen and oxygen atoms in total. The van der Waals surface area contributed by atoms with Gasteiger partial charge in [0.1, 0.15) is 5.76 Å². The van der Waals surface area contributed by atoms with E-state index in [4.69, 9.17) is 9.15 Å². The number of esters is 1. The van der Waals surface area contributed by atoms with Gasteiger partial charge >= 0.3 is 5.97 Å². The summed E-state index contributed by atoms with van der Waals surface area (Å²) < 4.78 is 11.4. The summed E-state index contributed by atoms with van der Waals surface area (Å²) in [5.74, 6) is -0.676. The van der Waals surface area contributed by atoms with Crippen LogP contribution in [0, 0.1) is 5.92 Å². The van der Waals surface area contributed by atoms with Crippen LogP contribution in [0.15, 0.2) is 56.3 Å². The average Bonchev–Trinajstić information content (AvgIpc) is 3.56. The third-order valence-electron chi connectivity index (χ3n) is 5.94. The van der Waals surface area contributed by atoms with Gasteiger partial charge in [0, 0.05) is 30.2 Å². The van der Waals surface area contributed by atoms with E-state index in [1.165, 1.54) is 11.8 Å². The van der Waals surface area contributed by atoms with Crippen LogP contribution in [0.5, 0.6) is 0 Å². The first kappa shape index (κ1) is 20.9. The average molecular weight is 477 g/mol. The highest BCUT2D eigenvalue weighted by molar-refractivity contribution is 7.99. The summed E-state index contributed by atoms with van der Waals surface area (Å²) in [5, 5.41) is 4.38. The molecule has 6 heterocycles. The van der Waals surface area contributed by atoms with E-state index in [1.807, 2.05) is 24.3 Å². The summed E-state index contributed by atoms with van der Waals surface area (Å²) in [6.07, 6.45) is 3.42. The Bertz CT molecular complexity index is 1420. The number of imidazole rings is 1. The Morgan fingerprint density at radius 1 is 1.26 bits per heavy atom. The van der Waals surface area contributed by atoms with E-state index >= 15 is 0 Å². The molecule has 0 bridgehead atoms. The molecule has 6 rings (SSSR count). The maximum atomic E-state index is 12.9. The number of fused-ring (bicyclic) bond motifs is 3. The maximum Gasteiger partial charge on any atom is 0.357 e. The van der Waals surface area contributed by atoms with Crippen LogP contribution in [0.25, 0.3) is 11.2 Å². The van der Waals surface area contributed by atoms with Gasteiger partial charge in [-0.05, 0) is 43.0 Å². The number of nitrogens with zero attached hydrogens (tertiary/aromatic N) is 3. The number of rotatable bonds is 5. The minimum absolute atomic E-state index is 0.0356. The molecule has 2 aliphatic heterocycles. The third kappa shape index (κ3) is 3.44. The zero-order valence-corrected chi connectivity index (χ0v) is 18.9. The molecular weight excluding hydrogens is 456 g/mol. The first-order chi connectivity index (χ1) is 16.6. The second-order valence-corrected chi connectivity index (χ2v) is 8.99. The Morgan fingerprint density at radius 2 is 2.18 bits per heavy atom. The highest BCUT2D eigenvalue weighted by atomic mass is 32.2. The van der Waals surface area contributed by atoms with Crippen LogP contribution in [0.2, 0.25) is 0 Å². The number of aromatic amines is 2. The number of H-pyrrole nitrogens is 2. The van der Waals surface area contributed by atoms with Gasteiger partial charge in [0.2, 0.25) is 0 Å². The van der Waals surface area contributed by atoms with Gasteiger partial charge in [-0.1, -0.05) is 0 Å². The number of pyridine rings is 1. The predicted octanol–water partition coefficient (Wildman–Crippen LogP) is 3.21. The Balaban J connectivity index is 1.37. The van der Waals surface area contributed by atoms with Gasteiger partial charge in [-0.15, -0.1) is 0 Å². The van der Waals surface area contributed by atoms with Crippen LogP contribution < -0.4 is 5.32 Å². The van der Waals surface area contributed by atoms with E-state index < -0.39 is 17.8 Å². The molecule has 0 amide bonds. The molecule has 4 aromatic rings. The zero-order valence-electron chi connectivity index (χ0n) is 18.1. The molecule has 0 spiro atoms. The largest absolute Gasteiger partial charge is 0.461 e. The summed E-state index contributed by atoms with van der Waals surface area (Å²) >= 11 is 1.34. The van der Waals surface area contributed by atoms with Gasteiger partial charge in [0.25, 0.3) is 0 Å². The standard InChI is InChI=1S/C23H20N6O4S/c1-2-32-22(31)20-19-11(8-26-20)17(18-13(27-19)9-24-10-14(18)30)15-5-6-16(33-15)34-23-28-12-4-3-7-25-21(12)29-23/h3-8,17-18,24,26H,2,9-10H2,1H3,(H,25,28,29). The molecule has 2 atom stereocenters. The van der Waals surface area contributed by atoms with Crippen molar-refractivity contribution >= 4 is 46.1 Å². The molecule has 4 aromatic heterocycles. The van der Waals surface area contributed by atoms with Crippen LogP contribution in [-0.2, 0) is 9.53 Å². The van der Waals surface area contributed by atoms with E-state index in [9.17, 15) is 9.59 Å². The molecule has 0 aliphatic carbocycles. The third-order valence-corrected chi connectivity index (χ3v) is 6.75. The van der Waals surface area contributed by atoms with Crippen molar-refractivity contribution < 1.29 is 18.7 Å². The van der Waals surface area contributed by atoms with E-state index in [0.29, 0.717) is 39.6 Å². The number of Topliss-reactive ketones (excluding diaryl/α,β-unsaturated/α-hetero) is 1. The number of carbonyl (C=O) groups is 2. The monoisotopic (exact) mass is 476 g/mol. The minimum atomic E-state index is -0.477. The van der Waals surface area contributed by atoms with Crippen molar-refractivity contribution in [3.63, 3.8) is 0 Å². The van der Waals surface area contributed by atoms with E-state index in [0.717, 1.165) is 11.1 Å². The number of furan rings is 1. The number of hydrogen-bond acceptors (Lipinski definition) is 9. The molecule has 172 valence electrons. The lowest BCUT2D eigenvalue weighted by atomic mass is 9.75. The summed E-state index contributed by atoms with van der Waals surface area (Å²) in [4.78, 5) is 45.1. The topological polar surface area (TPSA) is 138 Å². The van der Waals surface area contributed by atoms with Crippen molar-refractivity contribution in [1.82, 2.24) is 25.3 Å². The van der Waals surface area contributed by atoms with Gasteiger partial charge in [0.15, 0.2) is 27.4 Å². The van der Waals surface area contributed by atoms with Crippen LogP contribution in [0.4, 0.5) is 5.69 Å². The normalized spacial score (nSPS) is 19.6. The molecule has 34 heavy (non-hydrogen) atoms. The highest BCUT2D eigenvalue weighted by Gasteiger charge is 2.44. The molecule has 3 N–H and O–H groups in total. The number of aromatic nitrogens is 4. The SMILES string of the molecule is CCOC(=O)c1[nH]cc2c1N=C1CNCC(=O)C1C2c1ccc(Sc2nc3ncccc3[nH]2)o1. The number of aliphatic imine (C=N–C) groups is 1. The number of hydrogen-bond donors (Lipinski definition) is 3. The second-order valence-electron chi connectivity index (χ2n) is 7.99. The van der Waals surface area contributed by atoms with Crippen LogP contribution in [0.1, 0.15) is 34.7 Å². The Hall–Kier alpha value is -3.70. The number of piperidine rings is 1. The van der Waals surface area contributed by atoms with Gasteiger partial charge < -0.3 is 24.4 Å². The van der Waals surface area contributed by atoms with Gasteiger partial charge in [0.05, 0.1) is 36.2 Å². The summed E-state index contributed by atoms with van der Waals surface area (Å²) in [7, 11) is 0. The summed E-state index contributed by atoms with van der Waals surface area (Å²) in [6, 6.07) is 7.48. The molecule has 1 saturated heterocycles. The quantitative estimate of drug-likeness (QED) is 0.373. The van der Waals surface area contributed by atoms with Crippen LogP contribution >= 0.6 is 11.8 Å². The molecule has 0 aromatic carbocycles. The number of carbonyl (C=O) groups excluding carboxylic acids is 2. The summed E-state index contributed by atoms with van der Waals surface area (Å²) in [6.45, 7) is 2.74. The van der Waals surface area contributed by atoms with E-state index in [2.05, 4.69) is 30.2 Å². The van der Waals surface area contributed by atoms with E-state index in [1.54, 1.807) is 19.3 Å². The first-order valence-corrected chi connectivity index (χ1v) is 11.7. The zero-order chi connectivity index (χ0) is 23.2. The Morgan fingerprint density at radius 3 is 3.03 bits per heavy atom. The second kappa shape index (κ2) is 8.26. The maximum absolute atomic E-state index is 12.9. The highest BCUT2D eigenvalue weighted by Crippen LogP contribution is 2.46. The summed E-state index contributed by atoms with van der Waals surface area (Å²) in [5.41, 5.74) is 3.68. The van der Waals surface area contributed by atoms with Crippen LogP contribution in [0.3, 0.4) is 0 Å². The van der Waals surface area contributed by atoms with Gasteiger partial charge in [-0.2, -0.15) is 0 Å². The van der Waals surface area contributed by atoms with Gasteiger partial charge in [-0.3, -0.25) is 9.79 Å². The predicted molar refractivity (Wildman–Crippen MR) is 124 cm³/mol. The van der Waals surface area contributed by atoms with Crippen LogP contribution in [-0.4, -0.2) is 57.1 Å². The fourth-order valence-electron chi connectivity index (χ4n) is 4.52. The fraction of sp³-hybridized carbons (Fsp3) is 0.261. The molecule has 2 aliphatic rings. The number of ether oxygens (including phenoxy) is 1. The Kier molecular flexibility index (Phi) is 5.07. The molecule has 1 fully saturated rings. The lowest BCUT2D eigenvalue weighted by Gasteiger charge is -2.33. The van der Waals surface area contributed by atoms with E-state index in [-0.39, 0.29) is 24.6 Å². The molecule has 11 heteroatoms. The van der Waals surface area contributed by atoms with Crippen molar-refractivity contribution in [1.29, 1.82) is 0 Å². The van der Waals surface area contributed by atoms with Crippen molar-refractivity contribution in [2.24, 2.45) is 10.9 Å². The number of ketones is 1. The van der Waals surface area contributed by atoms with Crippen molar-refractivity contribution in [2.75, 3.05) is 19.7 Å². The minimum Gasteiger partial charge on any atom is -0.461 e. The Labute approximate surface area is 197 Å². The van der Waals surface area contributed by atoms with Gasteiger partial charge in [-0.25, -0.2) is 14.8 Å². The smallest absolute Gasteiger partial charge is 0.357 e. The molecule has 0 saturated carbocycles. The van der Waals surface area contributed by atoms with Crippen molar-refractivity contribution in [2.45, 2.75) is 23.1 Å². The first-order valence-electron chi connectivity index (χ1n) is 10.9. The lowest BCUT2D eigenvalue weighted by Crippen LogP contribution is -2.48. The molecule has 0 radical (unpaired) electrons. The molecular formula is C23H20N6O4S. The van der Waals surface area contributed by atoms with Crippen molar-refractivity contribution in [3.05, 3.63) is 53.7 Å². The van der Waals surface area contributed by atoms with Crippen molar-refractivity contribution in [3.8, 4) is 0 Å².